The van der Waals surface area contributed by atoms with E-state index in [0.29, 0.717) is 11.4 Å². The Labute approximate surface area is 139 Å². The molecule has 4 heterocycles. The molecule has 0 bridgehead atoms. The van der Waals surface area contributed by atoms with Crippen LogP contribution in [0.4, 0.5) is 0 Å². The SMILES string of the molecule is O=C(O)c1ccnc(-c2cc(-c3cc4sccc4s3)ccn2)c1. The average Bonchev–Trinajstić information content (AvgIpc) is 3.17. The lowest BCUT2D eigenvalue weighted by molar-refractivity contribution is 0.0697. The van der Waals surface area contributed by atoms with E-state index in [1.807, 2.05) is 12.1 Å². The van der Waals surface area contributed by atoms with Gasteiger partial charge in [0.15, 0.2) is 0 Å². The van der Waals surface area contributed by atoms with Crippen molar-refractivity contribution >= 4 is 38.0 Å². The fraction of sp³-hybridized carbons (Fsp3) is 0. The molecule has 0 fully saturated rings. The van der Waals surface area contributed by atoms with Gasteiger partial charge in [-0.1, -0.05) is 0 Å². The van der Waals surface area contributed by atoms with Crippen molar-refractivity contribution in [3.8, 4) is 21.8 Å². The molecule has 0 atom stereocenters. The highest BCUT2D eigenvalue weighted by atomic mass is 32.1. The number of aromatic nitrogens is 2. The van der Waals surface area contributed by atoms with E-state index in [1.54, 1.807) is 34.9 Å². The molecule has 0 aromatic carbocycles. The lowest BCUT2D eigenvalue weighted by Gasteiger charge is -2.03. The molecule has 6 heteroatoms. The maximum atomic E-state index is 11.1. The molecule has 0 amide bonds. The summed E-state index contributed by atoms with van der Waals surface area (Å²) in [7, 11) is 0. The summed E-state index contributed by atoms with van der Waals surface area (Å²) in [5, 5.41) is 11.2. The van der Waals surface area contributed by atoms with E-state index in [2.05, 4.69) is 27.5 Å². The molecule has 4 rings (SSSR count). The van der Waals surface area contributed by atoms with Crippen LogP contribution in [-0.4, -0.2) is 21.0 Å². The van der Waals surface area contributed by atoms with E-state index in [0.717, 1.165) is 5.56 Å². The number of carbonyl (C=O) groups is 1. The fourth-order valence-corrected chi connectivity index (χ4v) is 4.44. The summed E-state index contributed by atoms with van der Waals surface area (Å²) in [6.45, 7) is 0. The van der Waals surface area contributed by atoms with E-state index in [1.165, 1.54) is 26.5 Å². The number of carboxylic acids is 1. The zero-order valence-electron chi connectivity index (χ0n) is 11.8. The third-order valence-corrected chi connectivity index (χ3v) is 5.60. The summed E-state index contributed by atoms with van der Waals surface area (Å²) in [5.74, 6) is -0.969. The van der Waals surface area contributed by atoms with Gasteiger partial charge in [-0.15, -0.1) is 22.7 Å². The van der Waals surface area contributed by atoms with Crippen molar-refractivity contribution in [1.82, 2.24) is 9.97 Å². The summed E-state index contributed by atoms with van der Waals surface area (Å²) < 4.78 is 2.55. The van der Waals surface area contributed by atoms with Gasteiger partial charge in [0.2, 0.25) is 0 Å². The smallest absolute Gasteiger partial charge is 0.335 e. The Balaban J connectivity index is 1.78. The molecule has 23 heavy (non-hydrogen) atoms. The van der Waals surface area contributed by atoms with Gasteiger partial charge in [0.25, 0.3) is 0 Å². The number of fused-ring (bicyclic) bond motifs is 1. The minimum atomic E-state index is -0.969. The van der Waals surface area contributed by atoms with Gasteiger partial charge in [0.05, 0.1) is 17.0 Å². The lowest BCUT2D eigenvalue weighted by atomic mass is 10.1. The first-order chi connectivity index (χ1) is 11.2. The van der Waals surface area contributed by atoms with Gasteiger partial charge in [-0.25, -0.2) is 4.79 Å². The number of nitrogens with zero attached hydrogens (tertiary/aromatic N) is 2. The minimum Gasteiger partial charge on any atom is -0.478 e. The van der Waals surface area contributed by atoms with Crippen LogP contribution < -0.4 is 0 Å². The third kappa shape index (κ3) is 2.62. The van der Waals surface area contributed by atoms with Crippen LogP contribution in [-0.2, 0) is 0 Å². The predicted octanol–water partition coefficient (Wildman–Crippen LogP) is 4.79. The lowest BCUT2D eigenvalue weighted by Crippen LogP contribution is -1.97. The number of hydrogen-bond donors (Lipinski definition) is 1. The quantitative estimate of drug-likeness (QED) is 0.583. The minimum absolute atomic E-state index is 0.207. The number of hydrogen-bond acceptors (Lipinski definition) is 5. The maximum absolute atomic E-state index is 11.1. The van der Waals surface area contributed by atoms with Crippen molar-refractivity contribution in [1.29, 1.82) is 0 Å². The molecule has 0 aliphatic rings. The normalized spacial score (nSPS) is 11.0. The Morgan fingerprint density at radius 3 is 2.52 bits per heavy atom. The molecular weight excluding hydrogens is 328 g/mol. The Morgan fingerprint density at radius 1 is 0.957 bits per heavy atom. The molecule has 1 N–H and O–H groups in total. The Kier molecular flexibility index (Phi) is 3.40. The van der Waals surface area contributed by atoms with Crippen LogP contribution >= 0.6 is 22.7 Å². The highest BCUT2D eigenvalue weighted by Gasteiger charge is 2.10. The molecule has 0 unspecified atom stereocenters. The first kappa shape index (κ1) is 14.0. The number of rotatable bonds is 3. The third-order valence-electron chi connectivity index (χ3n) is 3.45. The van der Waals surface area contributed by atoms with Crippen molar-refractivity contribution in [2.75, 3.05) is 0 Å². The van der Waals surface area contributed by atoms with E-state index in [-0.39, 0.29) is 5.56 Å². The first-order valence-corrected chi connectivity index (χ1v) is 8.53. The van der Waals surface area contributed by atoms with Gasteiger partial charge in [-0.2, -0.15) is 0 Å². The Bertz CT molecular complexity index is 992. The fourth-order valence-electron chi connectivity index (χ4n) is 2.34. The molecule has 0 radical (unpaired) electrons. The van der Waals surface area contributed by atoms with Crippen molar-refractivity contribution < 1.29 is 9.90 Å². The molecule has 112 valence electrons. The van der Waals surface area contributed by atoms with Crippen LogP contribution in [0.5, 0.6) is 0 Å². The second kappa shape index (κ2) is 5.57. The van der Waals surface area contributed by atoms with Gasteiger partial charge >= 0.3 is 5.97 Å². The molecule has 0 saturated heterocycles. The van der Waals surface area contributed by atoms with Crippen molar-refractivity contribution in [3.63, 3.8) is 0 Å². The van der Waals surface area contributed by atoms with Gasteiger partial charge in [-0.05, 0) is 47.3 Å². The van der Waals surface area contributed by atoms with E-state index in [9.17, 15) is 4.79 Å². The summed E-state index contributed by atoms with van der Waals surface area (Å²) in [6, 6.07) is 11.2. The summed E-state index contributed by atoms with van der Waals surface area (Å²) >= 11 is 3.46. The van der Waals surface area contributed by atoms with Gasteiger partial charge < -0.3 is 5.11 Å². The highest BCUT2D eigenvalue weighted by Crippen LogP contribution is 2.36. The topological polar surface area (TPSA) is 63.1 Å². The standard InChI is InChI=1S/C17H10N2O2S2/c20-17(21)11-2-5-19-13(8-11)12-7-10(1-4-18-12)15-9-16-14(23-15)3-6-22-16/h1-9H,(H,20,21). The zero-order chi connectivity index (χ0) is 15.8. The second-order valence-corrected chi connectivity index (χ2v) is 6.96. The molecule has 0 aliphatic carbocycles. The van der Waals surface area contributed by atoms with Crippen LogP contribution in [0.1, 0.15) is 10.4 Å². The number of carboxylic acid groups (broad SMARTS) is 1. The van der Waals surface area contributed by atoms with E-state index in [4.69, 9.17) is 5.11 Å². The van der Waals surface area contributed by atoms with Crippen LogP contribution in [0.25, 0.3) is 31.2 Å². The zero-order valence-corrected chi connectivity index (χ0v) is 13.4. The first-order valence-electron chi connectivity index (χ1n) is 6.84. The Hall–Kier alpha value is -2.57. The molecule has 0 aliphatic heterocycles. The van der Waals surface area contributed by atoms with Gasteiger partial charge in [0.1, 0.15) is 0 Å². The molecule has 0 spiro atoms. The maximum Gasteiger partial charge on any atom is 0.335 e. The number of aromatic carboxylic acids is 1. The summed E-state index contributed by atoms with van der Waals surface area (Å²) in [6.07, 6.45) is 3.22. The number of pyridine rings is 2. The molecule has 4 aromatic rings. The molecular formula is C17H10N2O2S2. The van der Waals surface area contributed by atoms with Crippen LogP contribution in [0, 0.1) is 0 Å². The van der Waals surface area contributed by atoms with E-state index >= 15 is 0 Å². The second-order valence-electron chi connectivity index (χ2n) is 4.92. The molecule has 0 saturated carbocycles. The van der Waals surface area contributed by atoms with Gasteiger partial charge in [0, 0.05) is 26.7 Å². The van der Waals surface area contributed by atoms with Crippen LogP contribution in [0.2, 0.25) is 0 Å². The predicted molar refractivity (Wildman–Crippen MR) is 93.1 cm³/mol. The average molecular weight is 338 g/mol. The van der Waals surface area contributed by atoms with Crippen molar-refractivity contribution in [2.24, 2.45) is 0 Å². The van der Waals surface area contributed by atoms with Crippen LogP contribution in [0.3, 0.4) is 0 Å². The summed E-state index contributed by atoms with van der Waals surface area (Å²) in [5.41, 5.74) is 2.50. The highest BCUT2D eigenvalue weighted by molar-refractivity contribution is 7.28. The van der Waals surface area contributed by atoms with E-state index < -0.39 is 5.97 Å². The molecule has 4 aromatic heterocycles. The monoisotopic (exact) mass is 338 g/mol. The molecule has 4 nitrogen and oxygen atoms in total. The number of thiophene rings is 2. The van der Waals surface area contributed by atoms with Crippen LogP contribution in [0.15, 0.2) is 54.2 Å². The van der Waals surface area contributed by atoms with Crippen molar-refractivity contribution in [3.05, 3.63) is 59.7 Å². The van der Waals surface area contributed by atoms with Gasteiger partial charge in [-0.3, -0.25) is 9.97 Å². The largest absolute Gasteiger partial charge is 0.478 e. The van der Waals surface area contributed by atoms with Crippen molar-refractivity contribution in [2.45, 2.75) is 0 Å². The summed E-state index contributed by atoms with van der Waals surface area (Å²) in [4.78, 5) is 20.8. The Morgan fingerprint density at radius 2 is 1.74 bits per heavy atom.